The highest BCUT2D eigenvalue weighted by Crippen LogP contribution is 2.38. The van der Waals surface area contributed by atoms with Gasteiger partial charge in [0.2, 0.25) is 17.6 Å². The molecule has 0 bridgehead atoms. The van der Waals surface area contributed by atoms with Crippen LogP contribution in [0.25, 0.3) is 22.2 Å². The predicted molar refractivity (Wildman–Crippen MR) is 253 cm³/mol. The number of carbonyl (C=O) groups excluding carboxylic acids is 4. The molecule has 0 aliphatic carbocycles. The van der Waals surface area contributed by atoms with E-state index in [0.717, 1.165) is 105 Å². The number of imide groups is 1. The Labute approximate surface area is 397 Å². The number of amides is 4. The van der Waals surface area contributed by atoms with Crippen LogP contribution in [0.4, 0.5) is 35.2 Å². The number of fused-ring (bicyclic) bond motifs is 2. The van der Waals surface area contributed by atoms with Crippen LogP contribution in [0.5, 0.6) is 0 Å². The van der Waals surface area contributed by atoms with Crippen LogP contribution in [0.2, 0.25) is 0 Å². The number of urea groups is 1. The molecule has 4 amide bonds. The van der Waals surface area contributed by atoms with E-state index in [1.165, 1.54) is 11.8 Å². The molecule has 5 aliphatic heterocycles. The Morgan fingerprint density at radius 2 is 1.64 bits per heavy atom. The average molecular weight is 967 g/mol. The maximum Gasteiger partial charge on any atom is 0.323 e. The first-order valence-corrected chi connectivity index (χ1v) is 25.1. The van der Waals surface area contributed by atoms with Crippen LogP contribution in [-0.4, -0.2) is 121 Å². The van der Waals surface area contributed by atoms with Gasteiger partial charge in [0.1, 0.15) is 29.5 Å². The van der Waals surface area contributed by atoms with Gasteiger partial charge in [0, 0.05) is 86.5 Å². The first-order chi connectivity index (χ1) is 33.3. The van der Waals surface area contributed by atoms with E-state index in [2.05, 4.69) is 53.6 Å². The van der Waals surface area contributed by atoms with Crippen molar-refractivity contribution in [1.82, 2.24) is 34.8 Å². The summed E-state index contributed by atoms with van der Waals surface area (Å²) in [5.41, 5.74) is 3.70. The molecule has 0 radical (unpaired) electrons. The fraction of sp³-hybridized carbons (Fsp3) is 0.429. The van der Waals surface area contributed by atoms with Crippen molar-refractivity contribution in [2.24, 2.45) is 5.92 Å². The smallest absolute Gasteiger partial charge is 0.323 e. The topological polar surface area (TPSA) is 193 Å². The largest absolute Gasteiger partial charge is 0.372 e. The zero-order chi connectivity index (χ0) is 48.0. The number of carbonyl (C=O) groups is 4. The minimum Gasteiger partial charge on any atom is -0.372 e. The summed E-state index contributed by atoms with van der Waals surface area (Å²) in [5.74, 6) is -2.74. The van der Waals surface area contributed by atoms with Crippen LogP contribution in [0.1, 0.15) is 84.3 Å². The number of H-pyrrole nitrogens is 1. The first-order valence-electron chi connectivity index (χ1n) is 23.7. The number of pyridine rings is 2. The van der Waals surface area contributed by atoms with E-state index in [0.29, 0.717) is 40.8 Å². The first kappa shape index (κ1) is 46.4. The number of piperidine rings is 3. The molecule has 5 aliphatic rings. The molecule has 8 heterocycles. The molecule has 2 atom stereocenters. The van der Waals surface area contributed by atoms with Gasteiger partial charge in [0.25, 0.3) is 0 Å². The maximum absolute atomic E-state index is 15.8. The Hall–Kier alpha value is -6.38. The number of aromatic nitrogens is 3. The number of likely N-dealkylation sites (tertiary alicyclic amines) is 1. The highest BCUT2D eigenvalue weighted by Gasteiger charge is 2.36. The molecule has 20 heteroatoms. The third kappa shape index (κ3) is 9.53. The molecule has 3 aromatic heterocycles. The summed E-state index contributed by atoms with van der Waals surface area (Å²) in [6.07, 6.45) is 9.71. The number of nitrogens with one attached hydrogen (secondary N) is 4. The second-order valence-corrected chi connectivity index (χ2v) is 20.4. The molecule has 4 saturated heterocycles. The lowest BCUT2D eigenvalue weighted by molar-refractivity contribution is -0.134. The second-order valence-electron chi connectivity index (χ2n) is 18.7. The number of aromatic amines is 1. The summed E-state index contributed by atoms with van der Waals surface area (Å²) >= 11 is 0. The Balaban J connectivity index is 0.730. The molecule has 0 spiro atoms. The number of benzene rings is 2. The summed E-state index contributed by atoms with van der Waals surface area (Å²) in [6.45, 7) is 4.91. The van der Waals surface area contributed by atoms with E-state index in [1.807, 2.05) is 16.9 Å². The van der Waals surface area contributed by atoms with Gasteiger partial charge in [-0.05, 0) is 129 Å². The van der Waals surface area contributed by atoms with Crippen LogP contribution in [0, 0.1) is 17.6 Å². The van der Waals surface area contributed by atoms with E-state index < -0.39 is 57.0 Å². The summed E-state index contributed by atoms with van der Waals surface area (Å²) < 4.78 is 73.2. The van der Waals surface area contributed by atoms with Crippen molar-refractivity contribution in [2.75, 3.05) is 66.9 Å². The number of rotatable bonds is 11. The van der Waals surface area contributed by atoms with Gasteiger partial charge < -0.3 is 20.1 Å². The van der Waals surface area contributed by atoms with Gasteiger partial charge in [-0.2, -0.15) is 12.7 Å². The lowest BCUT2D eigenvalue weighted by Crippen LogP contribution is -2.55. The van der Waals surface area contributed by atoms with Crippen molar-refractivity contribution in [1.29, 1.82) is 0 Å². The number of alkyl halides is 1. The molecule has 2 aromatic carbocycles. The van der Waals surface area contributed by atoms with Gasteiger partial charge >= 0.3 is 16.2 Å². The molecule has 4 fully saturated rings. The van der Waals surface area contributed by atoms with Crippen molar-refractivity contribution >= 4 is 62.1 Å². The van der Waals surface area contributed by atoms with Crippen molar-refractivity contribution in [2.45, 2.75) is 75.9 Å². The summed E-state index contributed by atoms with van der Waals surface area (Å²) in [4.78, 5) is 69.7. The number of nitrogens with zero attached hydrogens (tertiary/aromatic N) is 6. The number of anilines is 3. The number of hydrogen-bond donors (Lipinski definition) is 4. The number of ketones is 1. The Morgan fingerprint density at radius 1 is 0.855 bits per heavy atom. The van der Waals surface area contributed by atoms with E-state index in [4.69, 9.17) is 0 Å². The second kappa shape index (κ2) is 19.2. The van der Waals surface area contributed by atoms with Crippen LogP contribution in [0.15, 0.2) is 67.1 Å². The highest BCUT2D eigenvalue weighted by atomic mass is 32.2. The molecule has 1 unspecified atom stereocenters. The molecule has 0 saturated carbocycles. The molecule has 69 heavy (non-hydrogen) atoms. The minimum absolute atomic E-state index is 0.00315. The summed E-state index contributed by atoms with van der Waals surface area (Å²) in [5, 5.41) is 5.45. The fourth-order valence-corrected chi connectivity index (χ4v) is 11.9. The Kier molecular flexibility index (Phi) is 12.9. The van der Waals surface area contributed by atoms with Crippen LogP contribution >= 0.6 is 0 Å². The fourth-order valence-electron chi connectivity index (χ4n) is 10.6. The Morgan fingerprint density at radius 3 is 2.38 bits per heavy atom. The third-order valence-corrected chi connectivity index (χ3v) is 15.9. The predicted octanol–water partition coefficient (Wildman–Crippen LogP) is 6.20. The van der Waals surface area contributed by atoms with Crippen LogP contribution in [-0.2, 0) is 26.2 Å². The molecular formula is C49H53F3N10O6S. The molecule has 5 aromatic rings. The SMILES string of the molecule is O=C1CCC(NC(=O)N2CCCc3c(C4CCN(CC5CCN(c6ccc(-c7cnc8[nH]cc(C(=O)c9c(F)ccc(NS(=O)(=O)N%10CC[C@@H](F)C%10)c9F)c8c7)cc6)CC5)CC4)ccnc32)C(=O)N1. The van der Waals surface area contributed by atoms with Crippen molar-refractivity contribution in [3.63, 3.8) is 0 Å². The molecule has 362 valence electrons. The van der Waals surface area contributed by atoms with Crippen LogP contribution < -0.4 is 25.2 Å². The normalized spacial score (nSPS) is 21.1. The lowest BCUT2D eigenvalue weighted by atomic mass is 9.84. The van der Waals surface area contributed by atoms with Crippen LogP contribution in [0.3, 0.4) is 0 Å². The van der Waals surface area contributed by atoms with Gasteiger partial charge in [0.05, 0.1) is 11.3 Å². The minimum atomic E-state index is -4.36. The molecular weight excluding hydrogens is 914 g/mol. The van der Waals surface area contributed by atoms with Gasteiger partial charge in [-0.15, -0.1) is 0 Å². The van der Waals surface area contributed by atoms with Gasteiger partial charge in [0.15, 0.2) is 5.82 Å². The third-order valence-electron chi connectivity index (χ3n) is 14.4. The van der Waals surface area contributed by atoms with Gasteiger partial charge in [-0.1, -0.05) is 12.1 Å². The lowest BCUT2D eigenvalue weighted by Gasteiger charge is -2.39. The number of halogens is 3. The van der Waals surface area contributed by atoms with Crippen molar-refractivity contribution < 1.29 is 40.8 Å². The molecule has 16 nitrogen and oxygen atoms in total. The quantitative estimate of drug-likeness (QED) is 0.0876. The molecule has 4 N–H and O–H groups in total. The summed E-state index contributed by atoms with van der Waals surface area (Å²) in [7, 11) is -4.36. The van der Waals surface area contributed by atoms with Gasteiger partial charge in [-0.25, -0.2) is 27.9 Å². The van der Waals surface area contributed by atoms with E-state index in [1.54, 1.807) is 23.4 Å². The zero-order valence-corrected chi connectivity index (χ0v) is 38.7. The highest BCUT2D eigenvalue weighted by molar-refractivity contribution is 7.90. The van der Waals surface area contributed by atoms with E-state index >= 15 is 8.78 Å². The van der Waals surface area contributed by atoms with E-state index in [-0.39, 0.29) is 49.9 Å². The average Bonchev–Trinajstić information content (AvgIpc) is 4.00. The zero-order valence-electron chi connectivity index (χ0n) is 37.9. The maximum atomic E-state index is 15.8. The standard InChI is InChI=1S/C49H53F3N10O6S/c50-33-16-23-61(28-33)69(67,68)58-40-8-7-39(51)43(44(40)52)45(64)38-26-55-46-37(38)24-32(25-54-46)30-3-5-34(6-4-30)60-21-12-29(13-22-60)27-59-19-14-31(15-20-59)35-11-17-53-47-36(35)2-1-18-62(47)49(66)56-41-9-10-42(63)57-48(41)65/h3-8,11,17,24-26,29,31,33,41,58H,1-2,9-10,12-16,18-23,27-28H2,(H,54,55)(H,56,66)(H,57,63,65)/t33-,41?/m1/s1. The summed E-state index contributed by atoms with van der Waals surface area (Å²) in [6, 6.07) is 12.5. The van der Waals surface area contributed by atoms with Crippen molar-refractivity contribution in [3.8, 4) is 11.1 Å². The Bertz CT molecular complexity index is 2920. The van der Waals surface area contributed by atoms with Gasteiger partial charge in [-0.3, -0.25) is 29.3 Å². The monoisotopic (exact) mass is 966 g/mol. The van der Waals surface area contributed by atoms with Crippen molar-refractivity contribution in [3.05, 3.63) is 101 Å². The number of hydrogen-bond acceptors (Lipinski definition) is 10. The molecule has 10 rings (SSSR count). The van der Waals surface area contributed by atoms with E-state index in [9.17, 15) is 32.0 Å².